The van der Waals surface area contributed by atoms with Crippen LogP contribution in [-0.4, -0.2) is 21.3 Å². The summed E-state index contributed by atoms with van der Waals surface area (Å²) < 4.78 is 14.9. The number of hydrogen-bond acceptors (Lipinski definition) is 4. The Morgan fingerprint density at radius 3 is 2.79 bits per heavy atom. The number of halogens is 1. The fourth-order valence-corrected chi connectivity index (χ4v) is 3.55. The first-order valence-electron chi connectivity index (χ1n) is 8.17. The van der Waals surface area contributed by atoms with Gasteiger partial charge in [0.25, 0.3) is 0 Å². The summed E-state index contributed by atoms with van der Waals surface area (Å²) in [5.41, 5.74) is 2.97. The molecule has 0 bridgehead atoms. The molecule has 1 fully saturated rings. The van der Waals surface area contributed by atoms with Gasteiger partial charge < -0.3 is 5.32 Å². The molecule has 4 rings (SSSR count). The van der Waals surface area contributed by atoms with Crippen molar-refractivity contribution < 1.29 is 4.39 Å². The van der Waals surface area contributed by atoms with Crippen LogP contribution in [0.4, 0.5) is 9.52 Å². The Labute approximate surface area is 144 Å². The Balaban J connectivity index is 1.48. The summed E-state index contributed by atoms with van der Waals surface area (Å²) in [6, 6.07) is 8.54. The van der Waals surface area contributed by atoms with E-state index < -0.39 is 0 Å². The van der Waals surface area contributed by atoms with E-state index in [1.807, 2.05) is 23.9 Å². The molecule has 0 atom stereocenters. The first-order chi connectivity index (χ1) is 11.7. The van der Waals surface area contributed by atoms with Crippen molar-refractivity contribution in [3.05, 3.63) is 53.6 Å². The third-order valence-electron chi connectivity index (χ3n) is 4.17. The Bertz CT molecular complexity index is 833. The number of nitrogens with one attached hydrogen (secondary N) is 1. The summed E-state index contributed by atoms with van der Waals surface area (Å²) >= 11 is 1.66. The minimum atomic E-state index is -0.216. The molecule has 4 nitrogen and oxygen atoms in total. The van der Waals surface area contributed by atoms with E-state index in [1.54, 1.807) is 23.5 Å². The molecular formula is C18H19FN4S. The molecule has 1 saturated carbocycles. The maximum Gasteiger partial charge on any atom is 0.183 e. The first-order valence-corrected chi connectivity index (χ1v) is 8.98. The molecule has 1 aromatic carbocycles. The molecule has 2 heterocycles. The quantitative estimate of drug-likeness (QED) is 0.725. The largest absolute Gasteiger partial charge is 0.361 e. The van der Waals surface area contributed by atoms with Crippen molar-refractivity contribution in [2.24, 2.45) is 5.92 Å². The Kier molecular flexibility index (Phi) is 4.06. The van der Waals surface area contributed by atoms with Crippen molar-refractivity contribution in [1.82, 2.24) is 14.8 Å². The van der Waals surface area contributed by atoms with Crippen molar-refractivity contribution >= 4 is 16.5 Å². The van der Waals surface area contributed by atoms with Crippen LogP contribution in [0, 0.1) is 18.7 Å². The lowest BCUT2D eigenvalue weighted by Gasteiger charge is -2.01. The van der Waals surface area contributed by atoms with E-state index in [0.29, 0.717) is 6.54 Å². The molecule has 3 aromatic rings. The van der Waals surface area contributed by atoms with Gasteiger partial charge >= 0.3 is 0 Å². The lowest BCUT2D eigenvalue weighted by atomic mass is 10.2. The summed E-state index contributed by atoms with van der Waals surface area (Å²) in [6.07, 6.45) is 4.62. The average Bonchev–Trinajstić information content (AvgIpc) is 3.17. The van der Waals surface area contributed by atoms with Crippen LogP contribution in [0.2, 0.25) is 0 Å². The second kappa shape index (κ2) is 6.36. The van der Waals surface area contributed by atoms with Crippen LogP contribution in [0.15, 0.2) is 36.5 Å². The molecular weight excluding hydrogens is 323 g/mol. The molecule has 1 N–H and O–H groups in total. The molecule has 124 valence electrons. The highest BCUT2D eigenvalue weighted by Gasteiger charge is 2.21. The van der Waals surface area contributed by atoms with Crippen LogP contribution in [0.1, 0.15) is 24.1 Å². The zero-order chi connectivity index (χ0) is 16.5. The molecule has 24 heavy (non-hydrogen) atoms. The molecule has 0 unspecified atom stereocenters. The number of anilines is 1. The first kappa shape index (κ1) is 15.3. The third kappa shape index (κ3) is 3.48. The summed E-state index contributed by atoms with van der Waals surface area (Å²) in [5, 5.41) is 9.05. The van der Waals surface area contributed by atoms with Gasteiger partial charge in [-0.3, -0.25) is 4.68 Å². The predicted molar refractivity (Wildman–Crippen MR) is 94.8 cm³/mol. The van der Waals surface area contributed by atoms with E-state index in [-0.39, 0.29) is 5.82 Å². The number of thiazole rings is 1. The second-order valence-corrected chi connectivity index (χ2v) is 7.28. The molecule has 6 heteroatoms. The van der Waals surface area contributed by atoms with Crippen molar-refractivity contribution in [1.29, 1.82) is 0 Å². The highest BCUT2D eigenvalue weighted by atomic mass is 32.1. The van der Waals surface area contributed by atoms with Crippen LogP contribution in [-0.2, 0) is 6.54 Å². The van der Waals surface area contributed by atoms with Crippen LogP contribution < -0.4 is 5.32 Å². The van der Waals surface area contributed by atoms with Gasteiger partial charge in [-0.15, -0.1) is 0 Å². The minimum Gasteiger partial charge on any atom is -0.361 e. The van der Waals surface area contributed by atoms with E-state index in [9.17, 15) is 4.39 Å². The zero-order valence-electron chi connectivity index (χ0n) is 13.5. The van der Waals surface area contributed by atoms with E-state index in [4.69, 9.17) is 0 Å². The van der Waals surface area contributed by atoms with Gasteiger partial charge in [-0.1, -0.05) is 23.5 Å². The van der Waals surface area contributed by atoms with E-state index in [1.165, 1.54) is 25.0 Å². The topological polar surface area (TPSA) is 42.7 Å². The maximum absolute atomic E-state index is 13.0. The highest BCUT2D eigenvalue weighted by Crippen LogP contribution is 2.33. The molecule has 0 aliphatic heterocycles. The standard InChI is InChI=1S/C18H19FN4S/c1-12-17(24-18(21-12)20-10-13-2-3-13)16-8-9-23(22-16)11-14-4-6-15(19)7-5-14/h4-9,13H,2-3,10-11H2,1H3,(H,20,21). The molecule has 0 amide bonds. The third-order valence-corrected chi connectivity index (χ3v) is 5.30. The Morgan fingerprint density at radius 2 is 2.04 bits per heavy atom. The minimum absolute atomic E-state index is 0.216. The fraction of sp³-hybridized carbons (Fsp3) is 0.333. The summed E-state index contributed by atoms with van der Waals surface area (Å²) in [4.78, 5) is 5.71. The molecule has 0 spiro atoms. The highest BCUT2D eigenvalue weighted by molar-refractivity contribution is 7.19. The number of aryl methyl sites for hydroxylation is 1. The smallest absolute Gasteiger partial charge is 0.183 e. The number of hydrogen-bond donors (Lipinski definition) is 1. The Hall–Kier alpha value is -2.21. The van der Waals surface area contributed by atoms with Crippen LogP contribution in [0.5, 0.6) is 0 Å². The number of aromatic nitrogens is 3. The molecule has 0 radical (unpaired) electrons. The van der Waals surface area contributed by atoms with E-state index in [2.05, 4.69) is 15.4 Å². The summed E-state index contributed by atoms with van der Waals surface area (Å²) in [7, 11) is 0. The van der Waals surface area contributed by atoms with Crippen molar-refractivity contribution in [3.8, 4) is 10.6 Å². The summed E-state index contributed by atoms with van der Waals surface area (Å²) in [5.74, 6) is 0.610. The van der Waals surface area contributed by atoms with E-state index >= 15 is 0 Å². The van der Waals surface area contributed by atoms with Gasteiger partial charge in [-0.2, -0.15) is 5.10 Å². The van der Waals surface area contributed by atoms with Crippen LogP contribution in [0.25, 0.3) is 10.6 Å². The number of benzene rings is 1. The molecule has 0 saturated heterocycles. The van der Waals surface area contributed by atoms with E-state index in [0.717, 1.165) is 39.4 Å². The molecule has 1 aliphatic carbocycles. The maximum atomic E-state index is 13.0. The lowest BCUT2D eigenvalue weighted by molar-refractivity contribution is 0.624. The summed E-state index contributed by atoms with van der Waals surface area (Å²) in [6.45, 7) is 3.67. The molecule has 1 aliphatic rings. The lowest BCUT2D eigenvalue weighted by Crippen LogP contribution is -2.02. The monoisotopic (exact) mass is 342 g/mol. The van der Waals surface area contributed by atoms with Crippen LogP contribution in [0.3, 0.4) is 0 Å². The van der Waals surface area contributed by atoms with Crippen LogP contribution >= 0.6 is 11.3 Å². The van der Waals surface area contributed by atoms with Gasteiger partial charge in [0.2, 0.25) is 0 Å². The molecule has 2 aromatic heterocycles. The normalized spacial score (nSPS) is 14.1. The van der Waals surface area contributed by atoms with Gasteiger partial charge in [0.15, 0.2) is 5.13 Å². The van der Waals surface area contributed by atoms with Gasteiger partial charge in [0, 0.05) is 12.7 Å². The van der Waals surface area contributed by atoms with Crippen molar-refractivity contribution in [3.63, 3.8) is 0 Å². The predicted octanol–water partition coefficient (Wildman–Crippen LogP) is 4.32. The van der Waals surface area contributed by atoms with Gasteiger partial charge in [0.1, 0.15) is 11.5 Å². The Morgan fingerprint density at radius 1 is 1.25 bits per heavy atom. The number of rotatable bonds is 6. The van der Waals surface area contributed by atoms with Gasteiger partial charge in [-0.05, 0) is 49.4 Å². The SMILES string of the molecule is Cc1nc(NCC2CC2)sc1-c1ccn(Cc2ccc(F)cc2)n1. The second-order valence-electron chi connectivity index (χ2n) is 6.28. The number of nitrogens with zero attached hydrogens (tertiary/aromatic N) is 3. The fourth-order valence-electron chi connectivity index (χ4n) is 2.61. The van der Waals surface area contributed by atoms with Crippen molar-refractivity contribution in [2.45, 2.75) is 26.3 Å². The van der Waals surface area contributed by atoms with Gasteiger partial charge in [-0.25, -0.2) is 9.37 Å². The zero-order valence-corrected chi connectivity index (χ0v) is 14.3. The average molecular weight is 342 g/mol. The van der Waals surface area contributed by atoms with Crippen molar-refractivity contribution in [2.75, 3.05) is 11.9 Å². The van der Waals surface area contributed by atoms with Gasteiger partial charge in [0.05, 0.1) is 17.1 Å².